The second kappa shape index (κ2) is 7.23. The minimum Gasteiger partial charge on any atom is -0.461 e. The van der Waals surface area contributed by atoms with E-state index in [-0.39, 0.29) is 29.5 Å². The quantitative estimate of drug-likeness (QED) is 0.831. The van der Waals surface area contributed by atoms with Crippen LogP contribution in [0.4, 0.5) is 10.1 Å². The third-order valence-electron chi connectivity index (χ3n) is 3.50. The van der Waals surface area contributed by atoms with Crippen molar-refractivity contribution in [1.82, 2.24) is 0 Å². The van der Waals surface area contributed by atoms with Crippen molar-refractivity contribution in [3.05, 3.63) is 58.9 Å². The third-order valence-corrected chi connectivity index (χ3v) is 5.13. The summed E-state index contributed by atoms with van der Waals surface area (Å²) in [4.78, 5) is 24.9. The molecule has 1 amide bonds. The van der Waals surface area contributed by atoms with Gasteiger partial charge >= 0.3 is 5.97 Å². The van der Waals surface area contributed by atoms with Gasteiger partial charge in [-0.15, -0.1) is 11.8 Å². The van der Waals surface area contributed by atoms with Crippen LogP contribution in [0.1, 0.15) is 12.0 Å². The molecule has 7 heteroatoms. The molecule has 0 fully saturated rings. The number of amides is 1. The zero-order chi connectivity index (χ0) is 17.1. The van der Waals surface area contributed by atoms with Gasteiger partial charge in [0, 0.05) is 10.5 Å². The zero-order valence-electron chi connectivity index (χ0n) is 12.4. The van der Waals surface area contributed by atoms with E-state index in [1.165, 1.54) is 30.0 Å². The number of para-hydroxylation sites is 1. The van der Waals surface area contributed by atoms with Crippen LogP contribution in [0.3, 0.4) is 0 Å². The summed E-state index contributed by atoms with van der Waals surface area (Å²) in [5.74, 6) is -1.37. The Morgan fingerprint density at radius 2 is 2.04 bits per heavy atom. The summed E-state index contributed by atoms with van der Waals surface area (Å²) >= 11 is 7.19. The van der Waals surface area contributed by atoms with Crippen LogP contribution in [0.25, 0.3) is 0 Å². The zero-order valence-corrected chi connectivity index (χ0v) is 14.0. The van der Waals surface area contributed by atoms with Gasteiger partial charge in [0.05, 0.1) is 22.4 Å². The molecule has 1 N–H and O–H groups in total. The van der Waals surface area contributed by atoms with E-state index in [1.54, 1.807) is 6.07 Å². The number of halogens is 2. The molecule has 2 aromatic carbocycles. The van der Waals surface area contributed by atoms with E-state index in [0.29, 0.717) is 0 Å². The van der Waals surface area contributed by atoms with Crippen molar-refractivity contribution in [2.24, 2.45) is 0 Å². The van der Waals surface area contributed by atoms with E-state index < -0.39 is 17.0 Å². The Hall–Kier alpha value is -2.05. The van der Waals surface area contributed by atoms with Crippen LogP contribution in [-0.4, -0.2) is 17.1 Å². The summed E-state index contributed by atoms with van der Waals surface area (Å²) in [6.07, 6.45) is -0.100. The summed E-state index contributed by atoms with van der Waals surface area (Å²) in [6, 6.07) is 11.6. The fourth-order valence-electron chi connectivity index (χ4n) is 2.26. The Balaban J connectivity index is 1.60. The third kappa shape index (κ3) is 3.71. The van der Waals surface area contributed by atoms with E-state index in [9.17, 15) is 14.0 Å². The molecular weight excluding hydrogens is 353 g/mol. The Bertz CT molecular complexity index is 779. The lowest BCUT2D eigenvalue weighted by molar-refractivity contribution is -0.145. The van der Waals surface area contributed by atoms with Crippen molar-refractivity contribution < 1.29 is 18.7 Å². The fraction of sp³-hybridized carbons (Fsp3) is 0.176. The second-order valence-corrected chi connectivity index (χ2v) is 6.81. The lowest BCUT2D eigenvalue weighted by atomic mass is 10.2. The van der Waals surface area contributed by atoms with Crippen LogP contribution in [0.5, 0.6) is 0 Å². The van der Waals surface area contributed by atoms with Crippen LogP contribution in [-0.2, 0) is 20.9 Å². The molecule has 1 atom stereocenters. The molecule has 4 nitrogen and oxygen atoms in total. The van der Waals surface area contributed by atoms with Crippen LogP contribution >= 0.6 is 23.4 Å². The van der Waals surface area contributed by atoms with Gasteiger partial charge in [0.1, 0.15) is 12.4 Å². The minimum absolute atomic E-state index is 0.100. The number of ether oxygens (including phenoxy) is 1. The van der Waals surface area contributed by atoms with Gasteiger partial charge in [-0.05, 0) is 24.3 Å². The summed E-state index contributed by atoms with van der Waals surface area (Å²) in [7, 11) is 0. The minimum atomic E-state index is -0.582. The van der Waals surface area contributed by atoms with Crippen molar-refractivity contribution in [3.8, 4) is 0 Å². The molecule has 3 rings (SSSR count). The molecule has 0 aromatic heterocycles. The SMILES string of the molecule is O=C(C[C@H]1Sc2ccccc2NC1=O)OCc1c(F)cccc1Cl. The average molecular weight is 366 g/mol. The molecule has 1 aliphatic rings. The molecule has 0 unspecified atom stereocenters. The van der Waals surface area contributed by atoms with Gasteiger partial charge in [-0.2, -0.15) is 0 Å². The molecule has 1 aliphatic heterocycles. The van der Waals surface area contributed by atoms with Gasteiger partial charge in [-0.25, -0.2) is 4.39 Å². The highest BCUT2D eigenvalue weighted by molar-refractivity contribution is 8.01. The number of rotatable bonds is 4. The number of nitrogens with one attached hydrogen (secondary N) is 1. The summed E-state index contributed by atoms with van der Waals surface area (Å²) in [5.41, 5.74) is 0.855. The molecule has 0 spiro atoms. The van der Waals surface area contributed by atoms with Gasteiger partial charge in [0.15, 0.2) is 0 Å². The number of carbonyl (C=O) groups is 2. The van der Waals surface area contributed by atoms with Crippen LogP contribution < -0.4 is 5.32 Å². The number of esters is 1. The molecular formula is C17H13ClFNO3S. The van der Waals surface area contributed by atoms with Gasteiger partial charge in [0.2, 0.25) is 5.91 Å². The molecule has 124 valence electrons. The van der Waals surface area contributed by atoms with Gasteiger partial charge < -0.3 is 10.1 Å². The number of hydrogen-bond donors (Lipinski definition) is 1. The fourth-order valence-corrected chi connectivity index (χ4v) is 3.57. The van der Waals surface area contributed by atoms with E-state index >= 15 is 0 Å². The first-order chi connectivity index (χ1) is 11.5. The number of anilines is 1. The van der Waals surface area contributed by atoms with Gasteiger partial charge in [-0.3, -0.25) is 9.59 Å². The first kappa shape index (κ1) is 16.8. The number of fused-ring (bicyclic) bond motifs is 1. The topological polar surface area (TPSA) is 55.4 Å². The van der Waals surface area contributed by atoms with Crippen molar-refractivity contribution in [3.63, 3.8) is 0 Å². The van der Waals surface area contributed by atoms with E-state index in [1.807, 2.05) is 18.2 Å². The van der Waals surface area contributed by atoms with Crippen molar-refractivity contribution in [1.29, 1.82) is 0 Å². The Morgan fingerprint density at radius 3 is 2.83 bits per heavy atom. The number of hydrogen-bond acceptors (Lipinski definition) is 4. The average Bonchev–Trinajstić information content (AvgIpc) is 2.55. The number of benzene rings is 2. The maximum absolute atomic E-state index is 13.6. The second-order valence-electron chi connectivity index (χ2n) is 5.16. The van der Waals surface area contributed by atoms with Crippen molar-refractivity contribution >= 4 is 40.9 Å². The van der Waals surface area contributed by atoms with E-state index in [0.717, 1.165) is 10.6 Å². The predicted molar refractivity (Wildman–Crippen MR) is 90.5 cm³/mol. The largest absolute Gasteiger partial charge is 0.461 e. The highest BCUT2D eigenvalue weighted by atomic mass is 35.5. The first-order valence-corrected chi connectivity index (χ1v) is 8.45. The molecule has 0 radical (unpaired) electrons. The normalized spacial score (nSPS) is 16.2. The van der Waals surface area contributed by atoms with Crippen LogP contribution in [0, 0.1) is 5.82 Å². The lowest BCUT2D eigenvalue weighted by Gasteiger charge is -2.23. The Kier molecular flexibility index (Phi) is 5.06. The summed E-state index contributed by atoms with van der Waals surface area (Å²) in [6.45, 7) is -0.264. The summed E-state index contributed by atoms with van der Waals surface area (Å²) in [5, 5.41) is 2.37. The molecule has 0 saturated heterocycles. The highest BCUT2D eigenvalue weighted by Gasteiger charge is 2.29. The molecule has 0 aliphatic carbocycles. The summed E-state index contributed by atoms with van der Waals surface area (Å²) < 4.78 is 18.7. The number of carbonyl (C=O) groups excluding carboxylic acids is 2. The smallest absolute Gasteiger partial charge is 0.307 e. The van der Waals surface area contributed by atoms with Gasteiger partial charge in [-0.1, -0.05) is 29.8 Å². The van der Waals surface area contributed by atoms with Crippen molar-refractivity contribution in [2.75, 3.05) is 5.32 Å². The number of thioether (sulfide) groups is 1. The highest BCUT2D eigenvalue weighted by Crippen LogP contribution is 2.36. The lowest BCUT2D eigenvalue weighted by Crippen LogP contribution is -2.31. The molecule has 24 heavy (non-hydrogen) atoms. The van der Waals surface area contributed by atoms with Crippen molar-refractivity contribution in [2.45, 2.75) is 23.2 Å². The molecule has 0 saturated carbocycles. The molecule has 2 aromatic rings. The monoisotopic (exact) mass is 365 g/mol. The molecule has 0 bridgehead atoms. The maximum atomic E-state index is 13.6. The van der Waals surface area contributed by atoms with Gasteiger partial charge in [0.25, 0.3) is 0 Å². The maximum Gasteiger partial charge on any atom is 0.307 e. The first-order valence-electron chi connectivity index (χ1n) is 7.19. The standard InChI is InChI=1S/C17H13ClFNO3S/c18-11-4-3-5-12(19)10(11)9-23-16(21)8-15-17(22)20-13-6-1-2-7-14(13)24-15/h1-7,15H,8-9H2,(H,20,22)/t15-/m1/s1. The van der Waals surface area contributed by atoms with Crippen LogP contribution in [0.2, 0.25) is 5.02 Å². The predicted octanol–water partition coefficient (Wildman–Crippen LogP) is 4.03. The van der Waals surface area contributed by atoms with Crippen LogP contribution in [0.15, 0.2) is 47.4 Å². The van der Waals surface area contributed by atoms with E-state index in [4.69, 9.17) is 16.3 Å². The van der Waals surface area contributed by atoms with E-state index in [2.05, 4.69) is 5.32 Å². The Morgan fingerprint density at radius 1 is 1.25 bits per heavy atom. The Labute approximate surface area is 147 Å². The molecule has 1 heterocycles.